The molecule has 0 aliphatic rings. The van der Waals surface area contributed by atoms with Gasteiger partial charge in [-0.25, -0.2) is 0 Å². The van der Waals surface area contributed by atoms with Crippen LogP contribution >= 0.6 is 11.8 Å². The van der Waals surface area contributed by atoms with Gasteiger partial charge in [-0.3, -0.25) is 19.7 Å². The highest BCUT2D eigenvalue weighted by Gasteiger charge is 2.19. The van der Waals surface area contributed by atoms with E-state index in [0.29, 0.717) is 10.7 Å². The number of aryl methyl sites for hydroxylation is 1. The van der Waals surface area contributed by atoms with Crippen LogP contribution in [0.4, 0.5) is 11.5 Å². The van der Waals surface area contributed by atoms with Crippen molar-refractivity contribution < 1.29 is 23.8 Å². The van der Waals surface area contributed by atoms with Crippen LogP contribution in [0.25, 0.3) is 0 Å². The Morgan fingerprint density at radius 2 is 2.08 bits per heavy atom. The van der Waals surface area contributed by atoms with Gasteiger partial charge < -0.3 is 14.6 Å². The standard InChI is InChI=1S/C15H15N3O6S/c1-9-7-13(17-24-9)16-15(20)10(2)23-14(19)8-25-12-5-3-11(4-6-12)18(21)22/h3-7,10H,8H2,1-2H3,(H,16,17,20)/t10-/m0/s1. The molecule has 1 aromatic carbocycles. The number of carbonyl (C=O) groups is 2. The van der Waals surface area contributed by atoms with Crippen LogP contribution in [0.3, 0.4) is 0 Å². The van der Waals surface area contributed by atoms with Crippen LogP contribution in [0.15, 0.2) is 39.8 Å². The molecule has 10 heteroatoms. The lowest BCUT2D eigenvalue weighted by atomic mass is 10.3. The minimum Gasteiger partial charge on any atom is -0.452 e. The number of carbonyl (C=O) groups excluding carboxylic acids is 2. The molecule has 1 heterocycles. The molecule has 25 heavy (non-hydrogen) atoms. The number of hydrogen-bond donors (Lipinski definition) is 1. The summed E-state index contributed by atoms with van der Waals surface area (Å²) in [6.45, 7) is 3.12. The molecule has 2 aromatic rings. The summed E-state index contributed by atoms with van der Waals surface area (Å²) < 4.78 is 9.86. The number of nitro groups is 1. The molecule has 0 saturated carbocycles. The smallest absolute Gasteiger partial charge is 0.317 e. The lowest BCUT2D eigenvalue weighted by molar-refractivity contribution is -0.384. The largest absolute Gasteiger partial charge is 0.452 e. The van der Waals surface area contributed by atoms with E-state index in [1.54, 1.807) is 19.1 Å². The molecule has 0 aliphatic carbocycles. The van der Waals surface area contributed by atoms with E-state index >= 15 is 0 Å². The van der Waals surface area contributed by atoms with Crippen molar-refractivity contribution in [1.82, 2.24) is 5.16 Å². The van der Waals surface area contributed by atoms with Crippen LogP contribution in [-0.4, -0.2) is 33.8 Å². The fourth-order valence-electron chi connectivity index (χ4n) is 1.74. The monoisotopic (exact) mass is 365 g/mol. The van der Waals surface area contributed by atoms with Gasteiger partial charge in [0.2, 0.25) is 0 Å². The maximum Gasteiger partial charge on any atom is 0.317 e. The third-order valence-electron chi connectivity index (χ3n) is 2.96. The Morgan fingerprint density at radius 1 is 1.40 bits per heavy atom. The molecule has 1 N–H and O–H groups in total. The Hall–Kier alpha value is -2.88. The molecule has 1 amide bonds. The van der Waals surface area contributed by atoms with E-state index in [0.717, 1.165) is 11.8 Å². The minimum absolute atomic E-state index is 0.0275. The summed E-state index contributed by atoms with van der Waals surface area (Å²) >= 11 is 1.15. The summed E-state index contributed by atoms with van der Waals surface area (Å²) in [5.41, 5.74) is -0.0275. The zero-order valence-electron chi connectivity index (χ0n) is 13.4. The zero-order valence-corrected chi connectivity index (χ0v) is 14.2. The van der Waals surface area contributed by atoms with Crippen LogP contribution < -0.4 is 5.32 Å². The van der Waals surface area contributed by atoms with Crippen molar-refractivity contribution in [3.63, 3.8) is 0 Å². The molecule has 1 aromatic heterocycles. The summed E-state index contributed by atoms with van der Waals surface area (Å²) in [7, 11) is 0. The van der Waals surface area contributed by atoms with E-state index in [-0.39, 0.29) is 17.3 Å². The van der Waals surface area contributed by atoms with Crippen LogP contribution in [0.1, 0.15) is 12.7 Å². The number of hydrogen-bond acceptors (Lipinski definition) is 8. The van der Waals surface area contributed by atoms with Gasteiger partial charge in [0, 0.05) is 23.1 Å². The first-order valence-corrected chi connectivity index (χ1v) is 8.14. The number of amides is 1. The summed E-state index contributed by atoms with van der Waals surface area (Å²) in [5.74, 6) is -0.354. The molecule has 0 aliphatic heterocycles. The third kappa shape index (κ3) is 5.60. The van der Waals surface area contributed by atoms with Gasteiger partial charge >= 0.3 is 5.97 Å². The molecule has 0 saturated heterocycles. The van der Waals surface area contributed by atoms with Crippen molar-refractivity contribution in [2.24, 2.45) is 0 Å². The van der Waals surface area contributed by atoms with Gasteiger partial charge in [0.15, 0.2) is 11.9 Å². The number of aromatic nitrogens is 1. The fourth-order valence-corrected chi connectivity index (χ4v) is 2.43. The third-order valence-corrected chi connectivity index (χ3v) is 3.95. The minimum atomic E-state index is -0.998. The molecule has 1 atom stereocenters. The number of anilines is 1. The van der Waals surface area contributed by atoms with Gasteiger partial charge in [0.05, 0.1) is 10.7 Å². The Morgan fingerprint density at radius 3 is 2.64 bits per heavy atom. The van der Waals surface area contributed by atoms with Crippen molar-refractivity contribution >= 4 is 35.1 Å². The van der Waals surface area contributed by atoms with Gasteiger partial charge in [-0.1, -0.05) is 5.16 Å². The SMILES string of the molecule is Cc1cc(NC(=O)[C@H](C)OC(=O)CSc2ccc([N+](=O)[O-])cc2)no1. The van der Waals surface area contributed by atoms with Gasteiger partial charge in [0.25, 0.3) is 11.6 Å². The second kappa shape index (κ2) is 8.29. The average Bonchev–Trinajstić information content (AvgIpc) is 2.98. The maximum atomic E-state index is 11.9. The Balaban J connectivity index is 1.78. The number of rotatable bonds is 7. The second-order valence-electron chi connectivity index (χ2n) is 4.98. The lowest BCUT2D eigenvalue weighted by Gasteiger charge is -2.12. The summed E-state index contributed by atoms with van der Waals surface area (Å²) in [5, 5.41) is 16.7. The fraction of sp³-hybridized carbons (Fsp3) is 0.267. The predicted molar refractivity (Wildman–Crippen MR) is 89.2 cm³/mol. The zero-order chi connectivity index (χ0) is 18.4. The molecule has 132 valence electrons. The summed E-state index contributed by atoms with van der Waals surface area (Å²) in [6.07, 6.45) is -0.998. The predicted octanol–water partition coefficient (Wildman–Crippen LogP) is 2.55. The van der Waals surface area contributed by atoms with Gasteiger partial charge in [0.1, 0.15) is 5.76 Å². The van der Waals surface area contributed by atoms with E-state index in [1.807, 2.05) is 0 Å². The van der Waals surface area contributed by atoms with E-state index in [9.17, 15) is 19.7 Å². The number of thioether (sulfide) groups is 1. The average molecular weight is 365 g/mol. The van der Waals surface area contributed by atoms with Crippen LogP contribution in [0, 0.1) is 17.0 Å². The molecule has 0 bridgehead atoms. The molecule has 0 spiro atoms. The molecule has 0 unspecified atom stereocenters. The van der Waals surface area contributed by atoms with E-state index in [1.165, 1.54) is 25.1 Å². The summed E-state index contributed by atoms with van der Waals surface area (Å²) in [4.78, 5) is 34.4. The first kappa shape index (κ1) is 18.5. The molecule has 0 radical (unpaired) electrons. The second-order valence-corrected chi connectivity index (χ2v) is 6.03. The number of esters is 1. The van der Waals surface area contributed by atoms with E-state index in [2.05, 4.69) is 10.5 Å². The number of nitrogens with zero attached hydrogens (tertiary/aromatic N) is 2. The maximum absolute atomic E-state index is 11.9. The van der Waals surface area contributed by atoms with Crippen LogP contribution in [0.2, 0.25) is 0 Å². The van der Waals surface area contributed by atoms with Gasteiger partial charge in [-0.05, 0) is 26.0 Å². The molecule has 9 nitrogen and oxygen atoms in total. The van der Waals surface area contributed by atoms with Crippen molar-refractivity contribution in [3.8, 4) is 0 Å². The number of nitro benzene ring substituents is 1. The Labute approximate surface area is 146 Å². The highest BCUT2D eigenvalue weighted by molar-refractivity contribution is 8.00. The number of non-ortho nitro benzene ring substituents is 1. The molecule has 2 rings (SSSR count). The number of nitrogens with one attached hydrogen (secondary N) is 1. The molecule has 0 fully saturated rings. The van der Waals surface area contributed by atoms with Crippen LogP contribution in [-0.2, 0) is 14.3 Å². The Kier molecular flexibility index (Phi) is 6.12. The first-order chi connectivity index (χ1) is 11.8. The van der Waals surface area contributed by atoms with Crippen molar-refractivity contribution in [2.75, 3.05) is 11.1 Å². The quantitative estimate of drug-likeness (QED) is 0.343. The summed E-state index contributed by atoms with van der Waals surface area (Å²) in [6, 6.07) is 7.32. The number of ether oxygens (including phenoxy) is 1. The van der Waals surface area contributed by atoms with E-state index < -0.39 is 22.9 Å². The Bertz CT molecular complexity index is 774. The first-order valence-electron chi connectivity index (χ1n) is 7.16. The van der Waals surface area contributed by atoms with Gasteiger partial charge in [-0.15, -0.1) is 11.8 Å². The topological polar surface area (TPSA) is 125 Å². The highest BCUT2D eigenvalue weighted by atomic mass is 32.2. The lowest BCUT2D eigenvalue weighted by Crippen LogP contribution is -2.30. The van der Waals surface area contributed by atoms with Crippen LogP contribution in [0.5, 0.6) is 0 Å². The van der Waals surface area contributed by atoms with Gasteiger partial charge in [-0.2, -0.15) is 0 Å². The highest BCUT2D eigenvalue weighted by Crippen LogP contribution is 2.21. The molecular formula is C15H15N3O6S. The number of benzene rings is 1. The van der Waals surface area contributed by atoms with Crippen molar-refractivity contribution in [3.05, 3.63) is 46.2 Å². The normalized spacial score (nSPS) is 11.6. The molecular weight excluding hydrogens is 350 g/mol. The van der Waals surface area contributed by atoms with Crippen molar-refractivity contribution in [2.45, 2.75) is 24.8 Å². The van der Waals surface area contributed by atoms with Crippen molar-refractivity contribution in [1.29, 1.82) is 0 Å². The van der Waals surface area contributed by atoms with E-state index in [4.69, 9.17) is 9.26 Å².